The van der Waals surface area contributed by atoms with Crippen molar-refractivity contribution in [1.29, 1.82) is 0 Å². The van der Waals surface area contributed by atoms with E-state index in [9.17, 15) is 21.6 Å². The number of hydrogen-bond donors (Lipinski definition) is 3. The third kappa shape index (κ3) is 6.68. The Kier molecular flexibility index (Phi) is 6.97. The van der Waals surface area contributed by atoms with E-state index in [-0.39, 0.29) is 29.1 Å². The molecule has 1 aromatic rings. The molecule has 1 heterocycles. The zero-order chi connectivity index (χ0) is 15.9. The zero-order valence-electron chi connectivity index (χ0n) is 11.3. The van der Waals surface area contributed by atoms with Crippen LogP contribution < -0.4 is 10.0 Å². The maximum atomic E-state index is 12.0. The largest absolute Gasteiger partial charge is 0.441 e. The summed E-state index contributed by atoms with van der Waals surface area (Å²) in [6.07, 6.45) is 2.27. The SMILES string of the molecule is CCCNCc1cn[nH]c1S(=O)(=O)NCCSC(F)(F)F. The van der Waals surface area contributed by atoms with Gasteiger partial charge >= 0.3 is 5.51 Å². The Balaban J connectivity index is 2.56. The van der Waals surface area contributed by atoms with Crippen LogP contribution in [0, 0.1) is 0 Å². The maximum absolute atomic E-state index is 12.0. The molecule has 0 saturated carbocycles. The van der Waals surface area contributed by atoms with Crippen LogP contribution in [0.15, 0.2) is 11.2 Å². The van der Waals surface area contributed by atoms with Crippen LogP contribution in [0.3, 0.4) is 0 Å². The molecule has 0 aliphatic carbocycles. The Labute approximate surface area is 125 Å². The molecule has 0 atom stereocenters. The molecule has 0 bridgehead atoms. The molecule has 0 unspecified atom stereocenters. The number of sulfonamides is 1. The van der Waals surface area contributed by atoms with Crippen molar-refractivity contribution in [2.45, 2.75) is 30.4 Å². The lowest BCUT2D eigenvalue weighted by Gasteiger charge is -2.08. The molecule has 21 heavy (non-hydrogen) atoms. The molecule has 11 heteroatoms. The molecule has 3 N–H and O–H groups in total. The first-order valence-electron chi connectivity index (χ1n) is 6.19. The van der Waals surface area contributed by atoms with Gasteiger partial charge in [0.25, 0.3) is 10.0 Å². The van der Waals surface area contributed by atoms with E-state index in [1.54, 1.807) is 0 Å². The van der Waals surface area contributed by atoms with Crippen LogP contribution in [0.25, 0.3) is 0 Å². The molecule has 0 spiro atoms. The van der Waals surface area contributed by atoms with Crippen LogP contribution in [-0.4, -0.2) is 43.0 Å². The number of nitrogens with one attached hydrogen (secondary N) is 3. The third-order valence-electron chi connectivity index (χ3n) is 2.35. The number of aromatic nitrogens is 2. The summed E-state index contributed by atoms with van der Waals surface area (Å²) in [4.78, 5) is 0. The fourth-order valence-corrected chi connectivity index (χ4v) is 3.20. The number of nitrogens with zero attached hydrogens (tertiary/aromatic N) is 1. The highest BCUT2D eigenvalue weighted by molar-refractivity contribution is 8.00. The highest BCUT2D eigenvalue weighted by atomic mass is 32.2. The first-order valence-corrected chi connectivity index (χ1v) is 8.66. The van der Waals surface area contributed by atoms with Crippen molar-refractivity contribution >= 4 is 21.8 Å². The summed E-state index contributed by atoms with van der Waals surface area (Å²) < 4.78 is 61.9. The van der Waals surface area contributed by atoms with Gasteiger partial charge in [-0.1, -0.05) is 6.92 Å². The van der Waals surface area contributed by atoms with Gasteiger partial charge in [-0.05, 0) is 24.7 Å². The van der Waals surface area contributed by atoms with Gasteiger partial charge < -0.3 is 5.32 Å². The van der Waals surface area contributed by atoms with Crippen molar-refractivity contribution in [3.63, 3.8) is 0 Å². The molecule has 0 saturated heterocycles. The van der Waals surface area contributed by atoms with Gasteiger partial charge in [0.1, 0.15) is 0 Å². The Bertz CT molecular complexity index is 531. The Morgan fingerprint density at radius 2 is 2.10 bits per heavy atom. The lowest BCUT2D eigenvalue weighted by atomic mass is 10.3. The fourth-order valence-electron chi connectivity index (χ4n) is 1.47. The molecule has 0 amide bonds. The van der Waals surface area contributed by atoms with Crippen molar-refractivity contribution < 1.29 is 21.6 Å². The summed E-state index contributed by atoms with van der Waals surface area (Å²) in [6.45, 7) is 2.70. The number of H-pyrrole nitrogens is 1. The standard InChI is InChI=1S/C10H17F3N4O2S2/c1-2-3-14-6-8-7-15-17-9(8)21(18,19)16-4-5-20-10(11,12)13/h7,14,16H,2-6H2,1H3,(H,15,17). The van der Waals surface area contributed by atoms with Crippen LogP contribution in [0.2, 0.25) is 0 Å². The van der Waals surface area contributed by atoms with E-state index in [0.29, 0.717) is 12.1 Å². The average Bonchev–Trinajstić information content (AvgIpc) is 2.83. The summed E-state index contributed by atoms with van der Waals surface area (Å²) in [5.74, 6) is -0.389. The second-order valence-electron chi connectivity index (χ2n) is 4.09. The van der Waals surface area contributed by atoms with Gasteiger partial charge in [-0.2, -0.15) is 18.3 Å². The Morgan fingerprint density at radius 3 is 2.71 bits per heavy atom. The smallest absolute Gasteiger partial charge is 0.313 e. The molecule has 0 aromatic carbocycles. The summed E-state index contributed by atoms with van der Waals surface area (Å²) in [7, 11) is -3.89. The van der Waals surface area contributed by atoms with Gasteiger partial charge in [0.05, 0.1) is 6.20 Å². The highest BCUT2D eigenvalue weighted by Gasteiger charge is 2.28. The lowest BCUT2D eigenvalue weighted by Crippen LogP contribution is -2.28. The van der Waals surface area contributed by atoms with Crippen LogP contribution in [0.1, 0.15) is 18.9 Å². The van der Waals surface area contributed by atoms with Crippen molar-refractivity contribution in [1.82, 2.24) is 20.2 Å². The van der Waals surface area contributed by atoms with E-state index in [1.165, 1.54) is 6.20 Å². The van der Waals surface area contributed by atoms with Gasteiger partial charge in [0.2, 0.25) is 0 Å². The van der Waals surface area contributed by atoms with E-state index in [0.717, 1.165) is 13.0 Å². The van der Waals surface area contributed by atoms with Crippen molar-refractivity contribution in [3.8, 4) is 0 Å². The molecule has 1 aromatic heterocycles. The van der Waals surface area contributed by atoms with Crippen molar-refractivity contribution in [2.24, 2.45) is 0 Å². The highest BCUT2D eigenvalue weighted by Crippen LogP contribution is 2.29. The van der Waals surface area contributed by atoms with Gasteiger partial charge in [-0.15, -0.1) is 0 Å². The monoisotopic (exact) mass is 346 g/mol. The molecule has 0 aliphatic rings. The minimum absolute atomic E-state index is 0.122. The van der Waals surface area contributed by atoms with Gasteiger partial charge in [0, 0.05) is 24.4 Å². The van der Waals surface area contributed by atoms with E-state index >= 15 is 0 Å². The van der Waals surface area contributed by atoms with E-state index < -0.39 is 15.5 Å². The van der Waals surface area contributed by atoms with Crippen LogP contribution in [0.5, 0.6) is 0 Å². The molecule has 0 aliphatic heterocycles. The summed E-state index contributed by atoms with van der Waals surface area (Å²) >= 11 is -0.273. The third-order valence-corrected chi connectivity index (χ3v) is 4.56. The van der Waals surface area contributed by atoms with Crippen molar-refractivity contribution in [2.75, 3.05) is 18.8 Å². The number of halogens is 3. The van der Waals surface area contributed by atoms with Gasteiger partial charge in [-0.3, -0.25) is 5.10 Å². The average molecular weight is 346 g/mol. The fraction of sp³-hybridized carbons (Fsp3) is 0.700. The lowest BCUT2D eigenvalue weighted by molar-refractivity contribution is -0.0327. The molecule has 6 nitrogen and oxygen atoms in total. The number of hydrogen-bond acceptors (Lipinski definition) is 5. The molecule has 122 valence electrons. The molecular formula is C10H17F3N4O2S2. The van der Waals surface area contributed by atoms with Gasteiger partial charge in [-0.25, -0.2) is 13.1 Å². The van der Waals surface area contributed by atoms with E-state index in [1.807, 2.05) is 6.92 Å². The minimum atomic E-state index is -4.37. The number of rotatable bonds is 9. The maximum Gasteiger partial charge on any atom is 0.441 e. The summed E-state index contributed by atoms with van der Waals surface area (Å²) in [5, 5.41) is 8.94. The Hall–Kier alpha value is -0.780. The second-order valence-corrected chi connectivity index (χ2v) is 6.96. The minimum Gasteiger partial charge on any atom is -0.313 e. The topological polar surface area (TPSA) is 86.9 Å². The zero-order valence-corrected chi connectivity index (χ0v) is 13.0. The van der Waals surface area contributed by atoms with Crippen LogP contribution in [0.4, 0.5) is 13.2 Å². The van der Waals surface area contributed by atoms with Crippen LogP contribution in [-0.2, 0) is 16.6 Å². The molecule has 0 fully saturated rings. The number of alkyl halides is 3. The van der Waals surface area contributed by atoms with Crippen molar-refractivity contribution in [3.05, 3.63) is 11.8 Å². The van der Waals surface area contributed by atoms with Gasteiger partial charge in [0.15, 0.2) is 5.03 Å². The predicted octanol–water partition coefficient (Wildman–Crippen LogP) is 1.44. The summed E-state index contributed by atoms with van der Waals surface area (Å²) in [6, 6.07) is 0. The molecular weight excluding hydrogens is 329 g/mol. The predicted molar refractivity (Wildman–Crippen MR) is 74.3 cm³/mol. The number of thioether (sulfide) groups is 1. The van der Waals surface area contributed by atoms with Crippen LogP contribution >= 0.6 is 11.8 Å². The summed E-state index contributed by atoms with van der Waals surface area (Å²) in [5.41, 5.74) is -3.92. The first-order chi connectivity index (χ1) is 9.76. The normalized spacial score (nSPS) is 12.8. The number of aromatic amines is 1. The first kappa shape index (κ1) is 18.3. The molecule has 0 radical (unpaired) electrons. The molecule has 1 rings (SSSR count). The second kappa shape index (κ2) is 8.01. The van der Waals surface area contributed by atoms with E-state index in [4.69, 9.17) is 0 Å². The Morgan fingerprint density at radius 1 is 1.38 bits per heavy atom. The van der Waals surface area contributed by atoms with E-state index in [2.05, 4.69) is 20.2 Å². The quantitative estimate of drug-likeness (QED) is 0.589.